The minimum Gasteiger partial charge on any atom is -0.295 e. The van der Waals surface area contributed by atoms with E-state index in [4.69, 9.17) is 0 Å². The number of nitrogens with zero attached hydrogens (tertiary/aromatic N) is 4. The molecule has 90 valence electrons. The van der Waals surface area contributed by atoms with Crippen LogP contribution in [0, 0.1) is 6.92 Å². The Morgan fingerprint density at radius 2 is 2.17 bits per heavy atom. The lowest BCUT2D eigenvalue weighted by Crippen LogP contribution is -2.27. The molecule has 0 saturated carbocycles. The average Bonchev–Trinajstić information content (AvgIpc) is 2.77. The highest BCUT2D eigenvalue weighted by Crippen LogP contribution is 2.05. The van der Waals surface area contributed by atoms with Crippen LogP contribution in [0.15, 0.2) is 40.4 Å². The zero-order valence-corrected chi connectivity index (χ0v) is 9.49. The zero-order chi connectivity index (χ0) is 12.7. The summed E-state index contributed by atoms with van der Waals surface area (Å²) in [4.78, 5) is 30.2. The van der Waals surface area contributed by atoms with E-state index in [1.54, 1.807) is 12.3 Å². The van der Waals surface area contributed by atoms with E-state index in [1.807, 2.05) is 13.0 Å². The number of hydrogen-bond donors (Lipinski definition) is 1. The molecule has 3 aromatic rings. The molecule has 0 saturated heterocycles. The minimum absolute atomic E-state index is 0.115. The van der Waals surface area contributed by atoms with E-state index < -0.39 is 5.69 Å². The fourth-order valence-electron chi connectivity index (χ4n) is 1.81. The summed E-state index contributed by atoms with van der Waals surface area (Å²) in [5.41, 5.74) is 0.758. The lowest BCUT2D eigenvalue weighted by Gasteiger charge is -2.04. The van der Waals surface area contributed by atoms with Gasteiger partial charge in [-0.2, -0.15) is 9.78 Å². The quantitative estimate of drug-likeness (QED) is 0.645. The molecule has 0 aliphatic heterocycles. The van der Waals surface area contributed by atoms with Crippen molar-refractivity contribution in [1.82, 2.24) is 24.1 Å². The maximum Gasteiger partial charge on any atom is 0.348 e. The molecule has 3 heterocycles. The monoisotopic (exact) mass is 243 g/mol. The molecule has 0 spiro atoms. The number of nitrogens with one attached hydrogen (secondary N) is 1. The minimum atomic E-state index is -0.471. The van der Waals surface area contributed by atoms with Crippen molar-refractivity contribution in [2.24, 2.45) is 0 Å². The molecule has 0 aliphatic rings. The molecule has 0 atom stereocenters. The van der Waals surface area contributed by atoms with Gasteiger partial charge in [0.1, 0.15) is 12.0 Å². The van der Waals surface area contributed by atoms with Crippen LogP contribution < -0.4 is 11.2 Å². The second-order valence-corrected chi connectivity index (χ2v) is 3.84. The molecule has 3 aromatic heterocycles. The zero-order valence-electron chi connectivity index (χ0n) is 9.49. The van der Waals surface area contributed by atoms with Gasteiger partial charge in [0.25, 0.3) is 5.56 Å². The molecule has 1 N–H and O–H groups in total. The summed E-state index contributed by atoms with van der Waals surface area (Å²) >= 11 is 0. The van der Waals surface area contributed by atoms with Crippen molar-refractivity contribution in [2.75, 3.05) is 0 Å². The first-order valence-electron chi connectivity index (χ1n) is 5.28. The lowest BCUT2D eigenvalue weighted by atomic mass is 10.3. The molecule has 0 amide bonds. The van der Waals surface area contributed by atoms with Gasteiger partial charge in [0.05, 0.1) is 6.20 Å². The molecule has 0 unspecified atom stereocenters. The largest absolute Gasteiger partial charge is 0.348 e. The van der Waals surface area contributed by atoms with Gasteiger partial charge in [-0.25, -0.2) is 9.78 Å². The van der Waals surface area contributed by atoms with Gasteiger partial charge >= 0.3 is 5.69 Å². The van der Waals surface area contributed by atoms with Gasteiger partial charge in [-0.05, 0) is 18.6 Å². The molecule has 0 radical (unpaired) electrons. The van der Waals surface area contributed by atoms with Crippen LogP contribution in [0.3, 0.4) is 0 Å². The summed E-state index contributed by atoms with van der Waals surface area (Å²) in [5, 5.41) is 3.77. The van der Waals surface area contributed by atoms with Gasteiger partial charge in [-0.3, -0.25) is 14.2 Å². The summed E-state index contributed by atoms with van der Waals surface area (Å²) in [7, 11) is 0. The van der Waals surface area contributed by atoms with Crippen LogP contribution in [-0.4, -0.2) is 24.1 Å². The van der Waals surface area contributed by atoms with Gasteiger partial charge in [-0.1, -0.05) is 6.07 Å². The molecular weight excluding hydrogens is 234 g/mol. The van der Waals surface area contributed by atoms with E-state index in [0.717, 1.165) is 10.2 Å². The summed E-state index contributed by atoms with van der Waals surface area (Å²) in [5.74, 6) is 0. The number of rotatable bonds is 1. The highest BCUT2D eigenvalue weighted by molar-refractivity contribution is 5.48. The van der Waals surface area contributed by atoms with E-state index in [2.05, 4.69) is 15.1 Å². The fourth-order valence-corrected chi connectivity index (χ4v) is 1.81. The van der Waals surface area contributed by atoms with Crippen LogP contribution in [0.25, 0.3) is 11.3 Å². The van der Waals surface area contributed by atoms with Crippen molar-refractivity contribution in [3.63, 3.8) is 0 Å². The molecule has 18 heavy (non-hydrogen) atoms. The molecule has 0 fully saturated rings. The first-order valence-corrected chi connectivity index (χ1v) is 5.28. The van der Waals surface area contributed by atoms with Crippen molar-refractivity contribution in [1.29, 1.82) is 0 Å². The third-order valence-electron chi connectivity index (χ3n) is 2.69. The maximum absolute atomic E-state index is 12.2. The van der Waals surface area contributed by atoms with Crippen molar-refractivity contribution < 1.29 is 0 Å². The van der Waals surface area contributed by atoms with Crippen molar-refractivity contribution >= 4 is 5.65 Å². The average molecular weight is 243 g/mol. The van der Waals surface area contributed by atoms with E-state index in [-0.39, 0.29) is 11.2 Å². The Hall–Kier alpha value is -2.70. The molecular formula is C11H9N5O2. The third kappa shape index (κ3) is 1.37. The summed E-state index contributed by atoms with van der Waals surface area (Å²) in [6.45, 7) is 1.86. The number of pyridine rings is 1. The number of aromatic amines is 1. The molecule has 7 heteroatoms. The van der Waals surface area contributed by atoms with Gasteiger partial charge < -0.3 is 0 Å². The lowest BCUT2D eigenvalue weighted by molar-refractivity contribution is 0.812. The van der Waals surface area contributed by atoms with Gasteiger partial charge in [0.2, 0.25) is 0 Å². The second-order valence-electron chi connectivity index (χ2n) is 3.84. The van der Waals surface area contributed by atoms with Crippen LogP contribution in [0.5, 0.6) is 0 Å². The standard InChI is InChI=1S/C11H9N5O2/c1-7-3-2-4-15-9(7)12-5-8(10(15)17)16-11(18)13-6-14-16/h2-6H,1H3,(H,13,14,18). The Morgan fingerprint density at radius 3 is 2.89 bits per heavy atom. The number of hydrogen-bond acceptors (Lipinski definition) is 4. The number of aryl methyl sites for hydroxylation is 1. The SMILES string of the molecule is Cc1cccn2c(=O)c(-n3nc[nH]c3=O)cnc12. The smallest absolute Gasteiger partial charge is 0.295 e. The number of H-pyrrole nitrogens is 1. The topological polar surface area (TPSA) is 85.0 Å². The van der Waals surface area contributed by atoms with E-state index in [1.165, 1.54) is 16.9 Å². The predicted molar refractivity (Wildman–Crippen MR) is 63.9 cm³/mol. The van der Waals surface area contributed by atoms with Crippen LogP contribution in [0.2, 0.25) is 0 Å². The summed E-state index contributed by atoms with van der Waals surface area (Å²) in [6, 6.07) is 3.62. The molecule has 0 bridgehead atoms. The molecule has 0 aromatic carbocycles. The number of aromatic nitrogens is 5. The Morgan fingerprint density at radius 1 is 1.33 bits per heavy atom. The van der Waals surface area contributed by atoms with Crippen LogP contribution in [0.1, 0.15) is 5.56 Å². The van der Waals surface area contributed by atoms with Gasteiger partial charge in [0, 0.05) is 6.20 Å². The van der Waals surface area contributed by atoms with Crippen molar-refractivity contribution in [3.05, 3.63) is 57.3 Å². The van der Waals surface area contributed by atoms with Crippen LogP contribution in [-0.2, 0) is 0 Å². The molecule has 3 rings (SSSR count). The van der Waals surface area contributed by atoms with Gasteiger partial charge in [-0.15, -0.1) is 0 Å². The Balaban J connectivity index is 2.42. The second kappa shape index (κ2) is 3.66. The summed E-state index contributed by atoms with van der Waals surface area (Å²) < 4.78 is 2.38. The van der Waals surface area contributed by atoms with E-state index >= 15 is 0 Å². The highest BCUT2D eigenvalue weighted by Gasteiger charge is 2.10. The Kier molecular flexibility index (Phi) is 2.12. The molecule has 7 nitrogen and oxygen atoms in total. The van der Waals surface area contributed by atoms with E-state index in [0.29, 0.717) is 5.65 Å². The fraction of sp³-hybridized carbons (Fsp3) is 0.0909. The maximum atomic E-state index is 12.2. The Labute approximate surface area is 100 Å². The first kappa shape index (κ1) is 10.5. The van der Waals surface area contributed by atoms with Gasteiger partial charge in [0.15, 0.2) is 5.69 Å². The van der Waals surface area contributed by atoms with Crippen LogP contribution in [0.4, 0.5) is 0 Å². The van der Waals surface area contributed by atoms with Crippen molar-refractivity contribution in [3.8, 4) is 5.69 Å². The normalized spacial score (nSPS) is 10.9. The van der Waals surface area contributed by atoms with Crippen LogP contribution >= 0.6 is 0 Å². The summed E-state index contributed by atoms with van der Waals surface area (Å²) in [6.07, 6.45) is 4.19. The predicted octanol–water partition coefficient (Wildman–Crippen LogP) is -0.123. The van der Waals surface area contributed by atoms with Crippen molar-refractivity contribution in [2.45, 2.75) is 6.92 Å². The Bertz CT molecular complexity index is 842. The molecule has 0 aliphatic carbocycles. The third-order valence-corrected chi connectivity index (χ3v) is 2.69. The van der Waals surface area contributed by atoms with E-state index in [9.17, 15) is 9.59 Å². The number of fused-ring (bicyclic) bond motifs is 1. The first-order chi connectivity index (χ1) is 8.68. The highest BCUT2D eigenvalue weighted by atomic mass is 16.2.